The summed E-state index contributed by atoms with van der Waals surface area (Å²) in [6.45, 7) is 1.94. The fourth-order valence-electron chi connectivity index (χ4n) is 0.711. The highest BCUT2D eigenvalue weighted by Gasteiger charge is 2.10. The van der Waals surface area contributed by atoms with Gasteiger partial charge < -0.3 is 10.2 Å². The second kappa shape index (κ2) is 5.42. The van der Waals surface area contributed by atoms with Crippen LogP contribution in [0.2, 0.25) is 0 Å². The Hall–Kier alpha value is -1.24. The lowest BCUT2D eigenvalue weighted by atomic mass is 10.2. The second-order valence-corrected chi connectivity index (χ2v) is 2.81. The predicted octanol–water partition coefficient (Wildman–Crippen LogP) is 0.950. The van der Waals surface area contributed by atoms with Gasteiger partial charge in [0.05, 0.1) is 12.5 Å². The fourth-order valence-corrected chi connectivity index (χ4v) is 0.711. The third kappa shape index (κ3) is 3.81. The highest BCUT2D eigenvalue weighted by Crippen LogP contribution is 1.96. The minimum Gasteiger partial charge on any atom is -0.334 e. The standard InChI is InChI=1S/C8H15N3O/c1-4-7(5-6-9)10-8(12)11(2)3/h7H,4-5H2,1-3H3,(H,10,12). The van der Waals surface area contributed by atoms with Crippen LogP contribution in [0, 0.1) is 11.3 Å². The van der Waals surface area contributed by atoms with Crippen molar-refractivity contribution in [2.45, 2.75) is 25.8 Å². The average Bonchev–Trinajstić information content (AvgIpc) is 2.03. The molecule has 4 heteroatoms. The summed E-state index contributed by atoms with van der Waals surface area (Å²) in [7, 11) is 3.35. The summed E-state index contributed by atoms with van der Waals surface area (Å²) in [6.07, 6.45) is 1.16. The van der Waals surface area contributed by atoms with Crippen LogP contribution in [-0.2, 0) is 0 Å². The van der Waals surface area contributed by atoms with Gasteiger partial charge in [0.2, 0.25) is 0 Å². The number of nitrogens with zero attached hydrogens (tertiary/aromatic N) is 2. The van der Waals surface area contributed by atoms with E-state index in [-0.39, 0.29) is 12.1 Å². The van der Waals surface area contributed by atoms with Gasteiger partial charge in [0.25, 0.3) is 0 Å². The highest BCUT2D eigenvalue weighted by atomic mass is 16.2. The molecule has 0 spiro atoms. The second-order valence-electron chi connectivity index (χ2n) is 2.81. The molecule has 0 aliphatic rings. The first-order valence-corrected chi connectivity index (χ1v) is 3.96. The molecule has 68 valence electrons. The van der Waals surface area contributed by atoms with Gasteiger partial charge >= 0.3 is 6.03 Å². The number of nitrogens with one attached hydrogen (secondary N) is 1. The van der Waals surface area contributed by atoms with Gasteiger partial charge in [-0.05, 0) is 6.42 Å². The van der Waals surface area contributed by atoms with Crippen molar-refractivity contribution >= 4 is 6.03 Å². The van der Waals surface area contributed by atoms with E-state index in [1.54, 1.807) is 14.1 Å². The van der Waals surface area contributed by atoms with Crippen LogP contribution in [-0.4, -0.2) is 31.1 Å². The molecular weight excluding hydrogens is 154 g/mol. The van der Waals surface area contributed by atoms with Crippen molar-refractivity contribution in [1.82, 2.24) is 10.2 Å². The van der Waals surface area contributed by atoms with Crippen molar-refractivity contribution in [2.75, 3.05) is 14.1 Å². The summed E-state index contributed by atoms with van der Waals surface area (Å²) >= 11 is 0. The third-order valence-corrected chi connectivity index (χ3v) is 1.56. The number of nitriles is 1. The van der Waals surface area contributed by atoms with Crippen LogP contribution in [0.25, 0.3) is 0 Å². The van der Waals surface area contributed by atoms with Crippen LogP contribution < -0.4 is 5.32 Å². The summed E-state index contributed by atoms with van der Waals surface area (Å²) in [6, 6.07) is 1.86. The molecule has 1 atom stereocenters. The number of carbonyl (C=O) groups excluding carboxylic acids is 1. The monoisotopic (exact) mass is 169 g/mol. The van der Waals surface area contributed by atoms with Crippen molar-refractivity contribution < 1.29 is 4.79 Å². The zero-order valence-electron chi connectivity index (χ0n) is 7.79. The third-order valence-electron chi connectivity index (χ3n) is 1.56. The van der Waals surface area contributed by atoms with Gasteiger partial charge in [0.1, 0.15) is 0 Å². The normalized spacial score (nSPS) is 11.5. The molecule has 0 heterocycles. The highest BCUT2D eigenvalue weighted by molar-refractivity contribution is 5.73. The lowest BCUT2D eigenvalue weighted by Gasteiger charge is -2.17. The maximum absolute atomic E-state index is 11.1. The number of hydrogen-bond donors (Lipinski definition) is 1. The molecule has 0 rings (SSSR count). The number of amides is 2. The van der Waals surface area contributed by atoms with Crippen LogP contribution in [0.5, 0.6) is 0 Å². The van der Waals surface area contributed by atoms with Gasteiger partial charge in [-0.25, -0.2) is 4.79 Å². The summed E-state index contributed by atoms with van der Waals surface area (Å²) in [5.41, 5.74) is 0. The maximum Gasteiger partial charge on any atom is 0.317 e. The number of hydrogen-bond acceptors (Lipinski definition) is 2. The van der Waals surface area contributed by atoms with E-state index in [9.17, 15) is 4.79 Å². The Morgan fingerprint density at radius 1 is 1.67 bits per heavy atom. The fraction of sp³-hybridized carbons (Fsp3) is 0.750. The molecule has 0 aromatic rings. The van der Waals surface area contributed by atoms with E-state index in [0.29, 0.717) is 6.42 Å². The Kier molecular flexibility index (Phi) is 4.86. The Morgan fingerprint density at radius 3 is 2.58 bits per heavy atom. The quantitative estimate of drug-likeness (QED) is 0.683. The molecule has 0 saturated carbocycles. The van der Waals surface area contributed by atoms with Gasteiger partial charge in [0.15, 0.2) is 0 Å². The van der Waals surface area contributed by atoms with E-state index < -0.39 is 0 Å². The van der Waals surface area contributed by atoms with Crippen molar-refractivity contribution in [3.05, 3.63) is 0 Å². The maximum atomic E-state index is 11.1. The lowest BCUT2D eigenvalue weighted by Crippen LogP contribution is -2.40. The molecule has 12 heavy (non-hydrogen) atoms. The molecule has 2 amide bonds. The molecule has 0 aromatic carbocycles. The van der Waals surface area contributed by atoms with Crippen molar-refractivity contribution in [3.63, 3.8) is 0 Å². The molecule has 0 bridgehead atoms. The Balaban J connectivity index is 3.87. The average molecular weight is 169 g/mol. The number of rotatable bonds is 3. The largest absolute Gasteiger partial charge is 0.334 e. The lowest BCUT2D eigenvalue weighted by molar-refractivity contribution is 0.213. The van der Waals surface area contributed by atoms with Crippen LogP contribution in [0.3, 0.4) is 0 Å². The van der Waals surface area contributed by atoms with Crippen molar-refractivity contribution in [2.24, 2.45) is 0 Å². The van der Waals surface area contributed by atoms with E-state index in [4.69, 9.17) is 5.26 Å². The Bertz CT molecular complexity index is 183. The SMILES string of the molecule is CCC(CC#N)NC(=O)N(C)C. The summed E-state index contributed by atoms with van der Waals surface area (Å²) in [5, 5.41) is 11.1. The number of carbonyl (C=O) groups is 1. The molecule has 0 aromatic heterocycles. The van der Waals surface area contributed by atoms with E-state index in [1.165, 1.54) is 4.90 Å². The van der Waals surface area contributed by atoms with Gasteiger partial charge in [-0.1, -0.05) is 6.92 Å². The zero-order valence-corrected chi connectivity index (χ0v) is 7.79. The van der Waals surface area contributed by atoms with Gasteiger partial charge in [-0.2, -0.15) is 5.26 Å². The molecule has 0 aliphatic carbocycles. The van der Waals surface area contributed by atoms with Crippen molar-refractivity contribution in [1.29, 1.82) is 5.26 Å². The Morgan fingerprint density at radius 2 is 2.25 bits per heavy atom. The first kappa shape index (κ1) is 10.8. The summed E-state index contributed by atoms with van der Waals surface area (Å²) in [5.74, 6) is 0. The van der Waals surface area contributed by atoms with Gasteiger partial charge in [0, 0.05) is 20.1 Å². The molecule has 0 aliphatic heterocycles. The van der Waals surface area contributed by atoms with E-state index in [1.807, 2.05) is 13.0 Å². The molecule has 1 N–H and O–H groups in total. The molecule has 1 unspecified atom stereocenters. The first-order chi connectivity index (χ1) is 5.61. The minimum atomic E-state index is -0.142. The smallest absolute Gasteiger partial charge is 0.317 e. The van der Waals surface area contributed by atoms with E-state index in [0.717, 1.165) is 6.42 Å². The molecule has 0 radical (unpaired) electrons. The summed E-state index contributed by atoms with van der Waals surface area (Å²) < 4.78 is 0. The minimum absolute atomic E-state index is 0.0232. The predicted molar refractivity (Wildman–Crippen MR) is 46.5 cm³/mol. The molecular formula is C8H15N3O. The van der Waals surface area contributed by atoms with E-state index >= 15 is 0 Å². The first-order valence-electron chi connectivity index (χ1n) is 3.96. The zero-order chi connectivity index (χ0) is 9.56. The van der Waals surface area contributed by atoms with Gasteiger partial charge in [-0.3, -0.25) is 0 Å². The Labute approximate surface area is 73.2 Å². The van der Waals surface area contributed by atoms with Crippen LogP contribution in [0.15, 0.2) is 0 Å². The van der Waals surface area contributed by atoms with E-state index in [2.05, 4.69) is 5.32 Å². The van der Waals surface area contributed by atoms with Crippen LogP contribution in [0.4, 0.5) is 4.79 Å². The topological polar surface area (TPSA) is 56.1 Å². The van der Waals surface area contributed by atoms with Crippen molar-refractivity contribution in [3.8, 4) is 6.07 Å². The molecule has 0 saturated heterocycles. The van der Waals surface area contributed by atoms with Crippen LogP contribution in [0.1, 0.15) is 19.8 Å². The number of urea groups is 1. The van der Waals surface area contributed by atoms with Gasteiger partial charge in [-0.15, -0.1) is 0 Å². The summed E-state index contributed by atoms with van der Waals surface area (Å²) in [4.78, 5) is 12.6. The van der Waals surface area contributed by atoms with Crippen LogP contribution >= 0.6 is 0 Å². The molecule has 0 fully saturated rings. The molecule has 4 nitrogen and oxygen atoms in total.